The van der Waals surface area contributed by atoms with E-state index in [9.17, 15) is 10.1 Å². The first-order chi connectivity index (χ1) is 8.04. The van der Waals surface area contributed by atoms with Gasteiger partial charge in [-0.05, 0) is 26.3 Å². The van der Waals surface area contributed by atoms with Crippen molar-refractivity contribution in [2.24, 2.45) is 0 Å². The van der Waals surface area contributed by atoms with E-state index in [2.05, 4.69) is 10.3 Å². The average molecular weight is 239 g/mol. The third-order valence-electron chi connectivity index (χ3n) is 2.40. The Bertz CT molecular complexity index is 396. The van der Waals surface area contributed by atoms with Crippen LogP contribution in [0.3, 0.4) is 0 Å². The van der Waals surface area contributed by atoms with Crippen molar-refractivity contribution in [2.45, 2.75) is 26.3 Å². The molecule has 0 radical (unpaired) electrons. The molecular formula is C11H17N3O3. The van der Waals surface area contributed by atoms with E-state index in [1.807, 2.05) is 6.92 Å². The molecule has 0 aliphatic rings. The second-order valence-corrected chi connectivity index (χ2v) is 3.88. The second kappa shape index (κ2) is 6.15. The first kappa shape index (κ1) is 13.4. The number of nitro groups is 1. The van der Waals surface area contributed by atoms with Gasteiger partial charge in [0.15, 0.2) is 0 Å². The van der Waals surface area contributed by atoms with E-state index in [1.165, 1.54) is 6.07 Å². The lowest BCUT2D eigenvalue weighted by atomic mass is 10.2. The lowest BCUT2D eigenvalue weighted by molar-refractivity contribution is -0.385. The highest BCUT2D eigenvalue weighted by molar-refractivity contribution is 5.45. The third kappa shape index (κ3) is 3.99. The molecule has 0 bridgehead atoms. The van der Waals surface area contributed by atoms with Gasteiger partial charge in [0, 0.05) is 25.8 Å². The molecule has 17 heavy (non-hydrogen) atoms. The number of aryl methyl sites for hydroxylation is 1. The summed E-state index contributed by atoms with van der Waals surface area (Å²) in [6.45, 7) is 4.31. The predicted molar refractivity (Wildman–Crippen MR) is 65.2 cm³/mol. The standard InChI is InChI=1S/C11H17N3O3/c1-8(6-7-17-3)12-11-5-4-10(14(15)16)9(2)13-11/h4-5,8H,6-7H2,1-3H3,(H,12,13). The molecule has 6 nitrogen and oxygen atoms in total. The Kier molecular flexibility index (Phi) is 4.84. The molecule has 1 atom stereocenters. The fourth-order valence-corrected chi connectivity index (χ4v) is 1.45. The zero-order valence-corrected chi connectivity index (χ0v) is 10.3. The predicted octanol–water partition coefficient (Wildman–Crippen LogP) is 2.14. The van der Waals surface area contributed by atoms with Gasteiger partial charge in [-0.2, -0.15) is 0 Å². The number of nitrogens with zero attached hydrogens (tertiary/aromatic N) is 2. The number of anilines is 1. The molecule has 1 N–H and O–H groups in total. The fraction of sp³-hybridized carbons (Fsp3) is 0.545. The maximum atomic E-state index is 10.6. The van der Waals surface area contributed by atoms with Crippen LogP contribution in [0, 0.1) is 17.0 Å². The summed E-state index contributed by atoms with van der Waals surface area (Å²) >= 11 is 0. The molecule has 94 valence electrons. The zero-order valence-electron chi connectivity index (χ0n) is 10.3. The smallest absolute Gasteiger partial charge is 0.290 e. The number of aromatic nitrogens is 1. The van der Waals surface area contributed by atoms with Crippen LogP contribution in [0.15, 0.2) is 12.1 Å². The Labute approximate surface area is 100 Å². The van der Waals surface area contributed by atoms with Crippen LogP contribution in [0.25, 0.3) is 0 Å². The van der Waals surface area contributed by atoms with Crippen LogP contribution in [0.2, 0.25) is 0 Å². The van der Waals surface area contributed by atoms with Crippen LogP contribution < -0.4 is 5.32 Å². The summed E-state index contributed by atoms with van der Waals surface area (Å²) in [4.78, 5) is 14.3. The van der Waals surface area contributed by atoms with Gasteiger partial charge in [-0.1, -0.05) is 0 Å². The average Bonchev–Trinajstić information content (AvgIpc) is 2.26. The van der Waals surface area contributed by atoms with Gasteiger partial charge in [0.25, 0.3) is 5.69 Å². The largest absolute Gasteiger partial charge is 0.385 e. The van der Waals surface area contributed by atoms with E-state index >= 15 is 0 Å². The van der Waals surface area contributed by atoms with Gasteiger partial charge in [-0.15, -0.1) is 0 Å². The molecule has 0 saturated heterocycles. The normalized spacial score (nSPS) is 12.2. The van der Waals surface area contributed by atoms with Gasteiger partial charge in [0.2, 0.25) is 0 Å². The first-order valence-corrected chi connectivity index (χ1v) is 5.42. The number of hydrogen-bond acceptors (Lipinski definition) is 5. The summed E-state index contributed by atoms with van der Waals surface area (Å²) in [6.07, 6.45) is 0.855. The van der Waals surface area contributed by atoms with Crippen molar-refractivity contribution in [3.8, 4) is 0 Å². The van der Waals surface area contributed by atoms with Crippen LogP contribution in [0.5, 0.6) is 0 Å². The summed E-state index contributed by atoms with van der Waals surface area (Å²) in [5.74, 6) is 0.650. The molecule has 6 heteroatoms. The van der Waals surface area contributed by atoms with Gasteiger partial charge in [0.1, 0.15) is 11.5 Å². The first-order valence-electron chi connectivity index (χ1n) is 5.42. The van der Waals surface area contributed by atoms with Crippen LogP contribution in [-0.4, -0.2) is 29.7 Å². The number of methoxy groups -OCH3 is 1. The van der Waals surface area contributed by atoms with Crippen molar-refractivity contribution in [2.75, 3.05) is 19.0 Å². The Balaban J connectivity index is 2.67. The molecule has 0 fully saturated rings. The van der Waals surface area contributed by atoms with Gasteiger partial charge in [-0.25, -0.2) is 4.98 Å². The maximum absolute atomic E-state index is 10.6. The summed E-state index contributed by atoms with van der Waals surface area (Å²) in [7, 11) is 1.65. The summed E-state index contributed by atoms with van der Waals surface area (Å²) in [5.41, 5.74) is 0.457. The van der Waals surface area contributed by atoms with Crippen molar-refractivity contribution in [1.82, 2.24) is 4.98 Å². The van der Waals surface area contributed by atoms with E-state index in [4.69, 9.17) is 4.74 Å². The Hall–Kier alpha value is -1.69. The fourth-order valence-electron chi connectivity index (χ4n) is 1.45. The number of pyridine rings is 1. The topological polar surface area (TPSA) is 77.3 Å². The van der Waals surface area contributed by atoms with Crippen molar-refractivity contribution >= 4 is 11.5 Å². The van der Waals surface area contributed by atoms with E-state index in [1.54, 1.807) is 20.1 Å². The summed E-state index contributed by atoms with van der Waals surface area (Å²) < 4.78 is 4.97. The van der Waals surface area contributed by atoms with E-state index in [-0.39, 0.29) is 11.7 Å². The molecule has 0 amide bonds. The molecule has 0 aliphatic heterocycles. The minimum absolute atomic E-state index is 0.0418. The molecule has 1 unspecified atom stereocenters. The lowest BCUT2D eigenvalue weighted by Gasteiger charge is -2.14. The van der Waals surface area contributed by atoms with E-state index < -0.39 is 4.92 Å². The summed E-state index contributed by atoms with van der Waals surface area (Å²) in [6, 6.07) is 3.30. The number of hydrogen-bond donors (Lipinski definition) is 1. The van der Waals surface area contributed by atoms with Crippen LogP contribution >= 0.6 is 0 Å². The highest BCUT2D eigenvalue weighted by Crippen LogP contribution is 2.18. The minimum atomic E-state index is -0.430. The van der Waals surface area contributed by atoms with E-state index in [0.29, 0.717) is 18.1 Å². The number of rotatable bonds is 6. The Morgan fingerprint density at radius 1 is 1.59 bits per heavy atom. The quantitative estimate of drug-likeness (QED) is 0.607. The molecule has 1 aromatic heterocycles. The molecule has 0 saturated carbocycles. The van der Waals surface area contributed by atoms with Crippen LogP contribution in [0.4, 0.5) is 11.5 Å². The number of nitrogens with one attached hydrogen (secondary N) is 1. The summed E-state index contributed by atoms with van der Waals surface area (Å²) in [5, 5.41) is 13.8. The highest BCUT2D eigenvalue weighted by atomic mass is 16.6. The van der Waals surface area contributed by atoms with Crippen molar-refractivity contribution < 1.29 is 9.66 Å². The zero-order chi connectivity index (χ0) is 12.8. The Morgan fingerprint density at radius 2 is 2.29 bits per heavy atom. The molecule has 1 heterocycles. The SMILES string of the molecule is COCCC(C)Nc1ccc([N+](=O)[O-])c(C)n1. The maximum Gasteiger partial charge on any atom is 0.290 e. The van der Waals surface area contributed by atoms with Gasteiger partial charge in [-0.3, -0.25) is 10.1 Å². The molecule has 0 spiro atoms. The molecule has 0 aliphatic carbocycles. The number of ether oxygens (including phenoxy) is 1. The molecular weight excluding hydrogens is 222 g/mol. The van der Waals surface area contributed by atoms with Crippen molar-refractivity contribution in [3.05, 3.63) is 27.9 Å². The van der Waals surface area contributed by atoms with Crippen molar-refractivity contribution in [3.63, 3.8) is 0 Å². The van der Waals surface area contributed by atoms with E-state index in [0.717, 1.165) is 6.42 Å². The monoisotopic (exact) mass is 239 g/mol. The van der Waals surface area contributed by atoms with Crippen LogP contribution in [-0.2, 0) is 4.74 Å². The van der Waals surface area contributed by atoms with Crippen molar-refractivity contribution in [1.29, 1.82) is 0 Å². The lowest BCUT2D eigenvalue weighted by Crippen LogP contribution is -2.18. The van der Waals surface area contributed by atoms with Gasteiger partial charge < -0.3 is 10.1 Å². The van der Waals surface area contributed by atoms with Gasteiger partial charge in [0.05, 0.1) is 4.92 Å². The molecule has 1 aromatic rings. The van der Waals surface area contributed by atoms with Crippen LogP contribution in [0.1, 0.15) is 19.0 Å². The third-order valence-corrected chi connectivity index (χ3v) is 2.40. The van der Waals surface area contributed by atoms with Gasteiger partial charge >= 0.3 is 0 Å². The minimum Gasteiger partial charge on any atom is -0.385 e. The second-order valence-electron chi connectivity index (χ2n) is 3.88. The molecule has 1 rings (SSSR count). The Morgan fingerprint density at radius 3 is 2.82 bits per heavy atom. The highest BCUT2D eigenvalue weighted by Gasteiger charge is 2.12. The molecule has 0 aromatic carbocycles.